The van der Waals surface area contributed by atoms with Gasteiger partial charge in [0.05, 0.1) is 0 Å². The highest BCUT2D eigenvalue weighted by Crippen LogP contribution is 2.14. The van der Waals surface area contributed by atoms with Gasteiger partial charge in [-0.1, -0.05) is 6.07 Å². The third-order valence-corrected chi connectivity index (χ3v) is 3.45. The van der Waals surface area contributed by atoms with Gasteiger partial charge in [-0.25, -0.2) is 0 Å². The van der Waals surface area contributed by atoms with Gasteiger partial charge in [0.2, 0.25) is 0 Å². The number of thiophene rings is 1. The summed E-state index contributed by atoms with van der Waals surface area (Å²) in [6, 6.07) is 11.6. The zero-order valence-corrected chi connectivity index (χ0v) is 11.3. The molecule has 0 unspecified atom stereocenters. The third kappa shape index (κ3) is 3.08. The van der Waals surface area contributed by atoms with E-state index in [-0.39, 0.29) is 5.78 Å². The van der Waals surface area contributed by atoms with E-state index in [2.05, 4.69) is 0 Å². The summed E-state index contributed by atoms with van der Waals surface area (Å²) in [5, 5.41) is 2.00. The smallest absolute Gasteiger partial charge is 0.185 e. The second kappa shape index (κ2) is 5.65. The van der Waals surface area contributed by atoms with Gasteiger partial charge in [0.1, 0.15) is 0 Å². The molecule has 0 N–H and O–H groups in total. The molecule has 1 aromatic heterocycles. The molecule has 0 bridgehead atoms. The molecule has 18 heavy (non-hydrogen) atoms. The van der Waals surface area contributed by atoms with Crippen LogP contribution in [0.4, 0.5) is 5.69 Å². The molecule has 0 aliphatic rings. The van der Waals surface area contributed by atoms with Crippen molar-refractivity contribution in [3.8, 4) is 0 Å². The van der Waals surface area contributed by atoms with Crippen LogP contribution in [0.15, 0.2) is 47.9 Å². The molecule has 0 spiro atoms. The molecular weight excluding hydrogens is 242 g/mol. The maximum atomic E-state index is 11.9. The normalized spacial score (nSPS) is 10.8. The van der Waals surface area contributed by atoms with Gasteiger partial charge in [0.15, 0.2) is 5.78 Å². The first-order valence-electron chi connectivity index (χ1n) is 5.70. The molecule has 0 amide bonds. The molecule has 0 saturated carbocycles. The van der Waals surface area contributed by atoms with Crippen LogP contribution < -0.4 is 4.90 Å². The van der Waals surface area contributed by atoms with E-state index in [0.717, 1.165) is 10.6 Å². The zero-order chi connectivity index (χ0) is 13.0. The molecule has 0 aliphatic heterocycles. The van der Waals surface area contributed by atoms with Crippen LogP contribution in [-0.2, 0) is 0 Å². The van der Waals surface area contributed by atoms with Gasteiger partial charge in [0, 0.05) is 30.2 Å². The maximum Gasteiger partial charge on any atom is 0.185 e. The van der Waals surface area contributed by atoms with E-state index in [4.69, 9.17) is 0 Å². The van der Waals surface area contributed by atoms with Crippen molar-refractivity contribution in [1.29, 1.82) is 0 Å². The fraction of sp³-hybridized carbons (Fsp3) is 0.133. The summed E-state index contributed by atoms with van der Waals surface area (Å²) in [5.41, 5.74) is 1.81. The molecule has 0 aliphatic carbocycles. The van der Waals surface area contributed by atoms with Crippen molar-refractivity contribution in [2.24, 2.45) is 0 Å². The monoisotopic (exact) mass is 257 g/mol. The number of anilines is 1. The average Bonchev–Trinajstić information content (AvgIpc) is 2.89. The summed E-state index contributed by atoms with van der Waals surface area (Å²) in [6.07, 6.45) is 3.48. The zero-order valence-electron chi connectivity index (χ0n) is 10.5. The van der Waals surface area contributed by atoms with Crippen LogP contribution in [0.2, 0.25) is 0 Å². The van der Waals surface area contributed by atoms with Gasteiger partial charge in [-0.3, -0.25) is 4.79 Å². The molecule has 0 saturated heterocycles. The van der Waals surface area contributed by atoms with Crippen molar-refractivity contribution in [3.63, 3.8) is 0 Å². The van der Waals surface area contributed by atoms with E-state index in [1.165, 1.54) is 0 Å². The van der Waals surface area contributed by atoms with E-state index >= 15 is 0 Å². The second-order valence-corrected chi connectivity index (χ2v) is 5.13. The van der Waals surface area contributed by atoms with Crippen LogP contribution in [0.5, 0.6) is 0 Å². The average molecular weight is 257 g/mol. The SMILES string of the molecule is CN(C)c1ccc(C(=O)C=Cc2cccs2)cc1. The maximum absolute atomic E-state index is 11.9. The number of carbonyl (C=O) groups excluding carboxylic acids is 1. The Hall–Kier alpha value is -1.87. The summed E-state index contributed by atoms with van der Waals surface area (Å²) in [4.78, 5) is 15.0. The Morgan fingerprint density at radius 2 is 1.89 bits per heavy atom. The van der Waals surface area contributed by atoms with E-state index in [9.17, 15) is 4.79 Å². The molecule has 2 nitrogen and oxygen atoms in total. The van der Waals surface area contributed by atoms with E-state index < -0.39 is 0 Å². The van der Waals surface area contributed by atoms with E-state index in [0.29, 0.717) is 5.56 Å². The highest BCUT2D eigenvalue weighted by atomic mass is 32.1. The Morgan fingerprint density at radius 1 is 1.17 bits per heavy atom. The number of rotatable bonds is 4. The summed E-state index contributed by atoms with van der Waals surface area (Å²) < 4.78 is 0. The van der Waals surface area contributed by atoms with Crippen molar-refractivity contribution >= 4 is 28.9 Å². The minimum atomic E-state index is 0.0358. The van der Waals surface area contributed by atoms with Crippen molar-refractivity contribution in [2.75, 3.05) is 19.0 Å². The van der Waals surface area contributed by atoms with Crippen LogP contribution in [0.1, 0.15) is 15.2 Å². The van der Waals surface area contributed by atoms with Gasteiger partial charge in [-0.15, -0.1) is 11.3 Å². The Kier molecular flexibility index (Phi) is 3.95. The van der Waals surface area contributed by atoms with Crippen LogP contribution in [0.3, 0.4) is 0 Å². The molecular formula is C15H15NOS. The first kappa shape index (κ1) is 12.6. The minimum absolute atomic E-state index is 0.0358. The third-order valence-electron chi connectivity index (χ3n) is 2.61. The van der Waals surface area contributed by atoms with Gasteiger partial charge in [0.25, 0.3) is 0 Å². The lowest BCUT2D eigenvalue weighted by atomic mass is 10.1. The van der Waals surface area contributed by atoms with Crippen molar-refractivity contribution in [2.45, 2.75) is 0 Å². The topological polar surface area (TPSA) is 20.3 Å². The van der Waals surface area contributed by atoms with Crippen molar-refractivity contribution < 1.29 is 4.79 Å². The number of carbonyl (C=O) groups is 1. The van der Waals surface area contributed by atoms with Crippen LogP contribution >= 0.6 is 11.3 Å². The molecule has 3 heteroatoms. The molecule has 0 radical (unpaired) electrons. The number of benzene rings is 1. The van der Waals surface area contributed by atoms with Crippen LogP contribution in [0.25, 0.3) is 6.08 Å². The lowest BCUT2D eigenvalue weighted by Gasteiger charge is -2.11. The fourth-order valence-electron chi connectivity index (χ4n) is 1.56. The quantitative estimate of drug-likeness (QED) is 0.614. The standard InChI is InChI=1S/C15H15NOS/c1-16(2)13-7-5-12(6-8-13)15(17)10-9-14-4-3-11-18-14/h3-11H,1-2H3. The molecule has 92 valence electrons. The van der Waals surface area contributed by atoms with E-state index in [1.807, 2.05) is 66.8 Å². The van der Waals surface area contributed by atoms with E-state index in [1.54, 1.807) is 17.4 Å². The molecule has 1 heterocycles. The molecule has 2 rings (SSSR count). The molecule has 0 fully saturated rings. The van der Waals surface area contributed by atoms with Crippen LogP contribution in [0, 0.1) is 0 Å². The highest BCUT2D eigenvalue weighted by molar-refractivity contribution is 7.10. The van der Waals surface area contributed by atoms with Gasteiger partial charge in [-0.2, -0.15) is 0 Å². The van der Waals surface area contributed by atoms with Gasteiger partial charge < -0.3 is 4.90 Å². The predicted octanol–water partition coefficient (Wildman–Crippen LogP) is 3.71. The van der Waals surface area contributed by atoms with Gasteiger partial charge in [-0.05, 0) is 47.9 Å². The fourth-order valence-corrected chi connectivity index (χ4v) is 2.18. The predicted molar refractivity (Wildman–Crippen MR) is 78.5 cm³/mol. The van der Waals surface area contributed by atoms with Crippen LogP contribution in [-0.4, -0.2) is 19.9 Å². The Bertz CT molecular complexity index is 538. The Labute approximate surface area is 111 Å². The lowest BCUT2D eigenvalue weighted by molar-refractivity contribution is 0.104. The summed E-state index contributed by atoms with van der Waals surface area (Å²) in [5.74, 6) is 0.0358. The first-order chi connectivity index (χ1) is 8.66. The minimum Gasteiger partial charge on any atom is -0.378 e. The Balaban J connectivity index is 2.09. The molecule has 1 aromatic carbocycles. The summed E-state index contributed by atoms with van der Waals surface area (Å²) >= 11 is 1.62. The first-order valence-corrected chi connectivity index (χ1v) is 6.58. The van der Waals surface area contributed by atoms with Gasteiger partial charge >= 0.3 is 0 Å². The van der Waals surface area contributed by atoms with Crippen molar-refractivity contribution in [1.82, 2.24) is 0 Å². The second-order valence-electron chi connectivity index (χ2n) is 4.15. The molecule has 2 aromatic rings. The molecule has 0 atom stereocenters. The number of nitrogens with zero attached hydrogens (tertiary/aromatic N) is 1. The number of ketones is 1. The number of hydrogen-bond acceptors (Lipinski definition) is 3. The Morgan fingerprint density at radius 3 is 2.44 bits per heavy atom. The van der Waals surface area contributed by atoms with Crippen molar-refractivity contribution in [3.05, 3.63) is 58.3 Å². The summed E-state index contributed by atoms with van der Waals surface area (Å²) in [7, 11) is 3.96. The lowest BCUT2D eigenvalue weighted by Crippen LogP contribution is -2.08. The largest absolute Gasteiger partial charge is 0.378 e. The highest BCUT2D eigenvalue weighted by Gasteiger charge is 2.02. The number of allylic oxidation sites excluding steroid dienone is 1. The summed E-state index contributed by atoms with van der Waals surface area (Å²) in [6.45, 7) is 0. The number of hydrogen-bond donors (Lipinski definition) is 0.